The maximum atomic E-state index is 11.4. The molecule has 1 aromatic heterocycles. The van der Waals surface area contributed by atoms with E-state index < -0.39 is 10.0 Å². The molecule has 1 aliphatic rings. The molecular formula is C25H26Cl2N4O4S. The second-order valence-electron chi connectivity index (χ2n) is 8.02. The summed E-state index contributed by atoms with van der Waals surface area (Å²) in [6.07, 6.45) is 4.25. The number of anilines is 1. The van der Waals surface area contributed by atoms with E-state index in [0.29, 0.717) is 33.7 Å². The minimum Gasteiger partial charge on any atom is -0.489 e. The van der Waals surface area contributed by atoms with Crippen LogP contribution < -0.4 is 14.2 Å². The van der Waals surface area contributed by atoms with Crippen molar-refractivity contribution in [1.82, 2.24) is 9.97 Å². The van der Waals surface area contributed by atoms with E-state index in [9.17, 15) is 13.7 Å². The van der Waals surface area contributed by atoms with Crippen LogP contribution in [-0.4, -0.2) is 37.1 Å². The van der Waals surface area contributed by atoms with E-state index in [-0.39, 0.29) is 32.5 Å². The van der Waals surface area contributed by atoms with Gasteiger partial charge in [-0.25, -0.2) is 18.4 Å². The first kappa shape index (κ1) is 27.5. The minimum absolute atomic E-state index is 0. The second-order valence-corrected chi connectivity index (χ2v) is 10.5. The number of ether oxygens (including phenoxy) is 2. The number of aryl methyl sites for hydroxylation is 1. The van der Waals surface area contributed by atoms with E-state index in [1.807, 2.05) is 30.3 Å². The SMILES string of the molecule is C.CS(=O)(=O)Nc1nccc(COc2ccc3c(c2)CCC3c2cc(Cl)c(OCCCl)c(C#N)c2)n1. The molecule has 0 radical (unpaired) electrons. The van der Waals surface area contributed by atoms with Crippen molar-refractivity contribution in [2.45, 2.75) is 32.8 Å². The Bertz CT molecular complexity index is 1390. The molecule has 1 N–H and O–H groups in total. The highest BCUT2D eigenvalue weighted by atomic mass is 35.5. The van der Waals surface area contributed by atoms with Crippen molar-refractivity contribution >= 4 is 39.2 Å². The number of hydrogen-bond acceptors (Lipinski definition) is 7. The van der Waals surface area contributed by atoms with Gasteiger partial charge in [-0.3, -0.25) is 4.72 Å². The fourth-order valence-electron chi connectivity index (χ4n) is 4.06. The van der Waals surface area contributed by atoms with Crippen LogP contribution >= 0.6 is 23.2 Å². The molecule has 0 saturated carbocycles. The Kier molecular flexibility index (Phi) is 9.01. The van der Waals surface area contributed by atoms with Crippen LogP contribution in [0.15, 0.2) is 42.6 Å². The molecule has 0 bridgehead atoms. The van der Waals surface area contributed by atoms with Crippen LogP contribution in [0.25, 0.3) is 0 Å². The van der Waals surface area contributed by atoms with E-state index in [1.54, 1.807) is 6.07 Å². The van der Waals surface area contributed by atoms with Crippen LogP contribution in [0.5, 0.6) is 11.5 Å². The van der Waals surface area contributed by atoms with Crippen molar-refractivity contribution in [3.05, 3.63) is 75.6 Å². The Labute approximate surface area is 221 Å². The van der Waals surface area contributed by atoms with E-state index >= 15 is 0 Å². The molecular weight excluding hydrogens is 523 g/mol. The van der Waals surface area contributed by atoms with Gasteiger partial charge in [0.25, 0.3) is 0 Å². The number of alkyl halides is 1. The highest BCUT2D eigenvalue weighted by Crippen LogP contribution is 2.42. The van der Waals surface area contributed by atoms with Crippen molar-refractivity contribution in [2.75, 3.05) is 23.5 Å². The lowest BCUT2D eigenvalue weighted by molar-refractivity contribution is 0.301. The van der Waals surface area contributed by atoms with Crippen LogP contribution in [0.3, 0.4) is 0 Å². The van der Waals surface area contributed by atoms with Crippen LogP contribution in [0.2, 0.25) is 5.02 Å². The predicted octanol–water partition coefficient (Wildman–Crippen LogP) is 5.28. The Morgan fingerprint density at radius 2 is 2.03 bits per heavy atom. The third-order valence-electron chi connectivity index (χ3n) is 5.48. The smallest absolute Gasteiger partial charge is 0.236 e. The summed E-state index contributed by atoms with van der Waals surface area (Å²) in [5, 5.41) is 9.98. The van der Waals surface area contributed by atoms with Crippen molar-refractivity contribution in [2.24, 2.45) is 0 Å². The molecule has 0 amide bonds. The predicted molar refractivity (Wildman–Crippen MR) is 141 cm³/mol. The lowest BCUT2D eigenvalue weighted by Gasteiger charge is -2.16. The molecule has 1 atom stereocenters. The number of rotatable bonds is 9. The fourth-order valence-corrected chi connectivity index (χ4v) is 4.85. The Morgan fingerprint density at radius 3 is 2.75 bits per heavy atom. The third kappa shape index (κ3) is 6.58. The number of nitriles is 1. The topological polar surface area (TPSA) is 114 Å². The van der Waals surface area contributed by atoms with E-state index in [4.69, 9.17) is 32.7 Å². The molecule has 1 unspecified atom stereocenters. The van der Waals surface area contributed by atoms with Gasteiger partial charge in [-0.05, 0) is 59.9 Å². The number of sulfonamides is 1. The van der Waals surface area contributed by atoms with Gasteiger partial charge in [-0.2, -0.15) is 5.26 Å². The average Bonchev–Trinajstić information content (AvgIpc) is 3.24. The number of nitrogens with zero attached hydrogens (tertiary/aromatic N) is 3. The van der Waals surface area contributed by atoms with Gasteiger partial charge in [0, 0.05) is 12.1 Å². The number of aromatic nitrogens is 2. The van der Waals surface area contributed by atoms with Crippen molar-refractivity contribution in [3.8, 4) is 17.6 Å². The van der Waals surface area contributed by atoms with Gasteiger partial charge >= 0.3 is 0 Å². The van der Waals surface area contributed by atoms with Crippen LogP contribution in [0, 0.1) is 11.3 Å². The zero-order chi connectivity index (χ0) is 25.0. The highest BCUT2D eigenvalue weighted by Gasteiger charge is 2.26. The van der Waals surface area contributed by atoms with Gasteiger partial charge in [-0.1, -0.05) is 25.1 Å². The van der Waals surface area contributed by atoms with Gasteiger partial charge in [0.15, 0.2) is 5.75 Å². The zero-order valence-electron chi connectivity index (χ0n) is 18.8. The zero-order valence-corrected chi connectivity index (χ0v) is 21.1. The molecule has 0 fully saturated rings. The van der Waals surface area contributed by atoms with Crippen molar-refractivity contribution < 1.29 is 17.9 Å². The Morgan fingerprint density at radius 1 is 1.22 bits per heavy atom. The summed E-state index contributed by atoms with van der Waals surface area (Å²) in [7, 11) is -3.46. The summed E-state index contributed by atoms with van der Waals surface area (Å²) in [4.78, 5) is 8.07. The van der Waals surface area contributed by atoms with Gasteiger partial charge < -0.3 is 9.47 Å². The number of benzene rings is 2. The first-order chi connectivity index (χ1) is 16.8. The van der Waals surface area contributed by atoms with Crippen molar-refractivity contribution in [1.29, 1.82) is 5.26 Å². The molecule has 1 heterocycles. The van der Waals surface area contributed by atoms with Crippen LogP contribution in [-0.2, 0) is 23.1 Å². The Balaban J connectivity index is 0.00000361. The van der Waals surface area contributed by atoms with Gasteiger partial charge in [-0.15, -0.1) is 11.6 Å². The molecule has 0 saturated heterocycles. The summed E-state index contributed by atoms with van der Waals surface area (Å²) in [6, 6.07) is 13.4. The minimum atomic E-state index is -3.46. The van der Waals surface area contributed by atoms with Crippen LogP contribution in [0.4, 0.5) is 5.95 Å². The van der Waals surface area contributed by atoms with E-state index in [1.165, 1.54) is 6.20 Å². The summed E-state index contributed by atoms with van der Waals surface area (Å²) in [6.45, 7) is 0.433. The third-order valence-corrected chi connectivity index (χ3v) is 6.47. The number of fused-ring (bicyclic) bond motifs is 1. The molecule has 1 aliphatic carbocycles. The van der Waals surface area contributed by atoms with Gasteiger partial charge in [0.1, 0.15) is 25.0 Å². The quantitative estimate of drug-likeness (QED) is 0.361. The highest BCUT2D eigenvalue weighted by molar-refractivity contribution is 7.91. The average molecular weight is 549 g/mol. The monoisotopic (exact) mass is 548 g/mol. The molecule has 2 aromatic carbocycles. The molecule has 3 aromatic rings. The first-order valence-corrected chi connectivity index (χ1v) is 13.6. The van der Waals surface area contributed by atoms with Crippen molar-refractivity contribution in [3.63, 3.8) is 0 Å². The molecule has 0 aliphatic heterocycles. The first-order valence-electron chi connectivity index (χ1n) is 10.7. The fraction of sp³-hybridized carbons (Fsp3) is 0.320. The standard InChI is InChI=1S/C24H22Cl2N4O4S.CH4/c1-35(31,32)30-24-28-8-6-18(29-24)14-34-19-3-5-20-15(11-19)2-4-21(20)16-10-17(13-27)23(22(26)12-16)33-9-7-25;/h3,5-6,8,10-12,21H,2,4,7,9,14H2,1H3,(H,28,29,30);1H4. The number of nitrogens with one attached hydrogen (secondary N) is 1. The summed E-state index contributed by atoms with van der Waals surface area (Å²) in [5.74, 6) is 1.46. The summed E-state index contributed by atoms with van der Waals surface area (Å²) < 4.78 is 36.5. The summed E-state index contributed by atoms with van der Waals surface area (Å²) >= 11 is 12.1. The number of hydrogen-bond donors (Lipinski definition) is 1. The van der Waals surface area contributed by atoms with E-state index in [2.05, 4.69) is 20.8 Å². The molecule has 4 rings (SSSR count). The molecule has 36 heavy (non-hydrogen) atoms. The molecule has 190 valence electrons. The molecule has 0 spiro atoms. The van der Waals surface area contributed by atoms with Gasteiger partial charge in [0.2, 0.25) is 16.0 Å². The maximum absolute atomic E-state index is 11.4. The normalized spacial score (nSPS) is 14.3. The molecule has 11 heteroatoms. The van der Waals surface area contributed by atoms with Gasteiger partial charge in [0.05, 0.1) is 28.4 Å². The lowest BCUT2D eigenvalue weighted by Crippen LogP contribution is -2.13. The largest absolute Gasteiger partial charge is 0.489 e. The van der Waals surface area contributed by atoms with Crippen LogP contribution in [0.1, 0.15) is 47.7 Å². The lowest BCUT2D eigenvalue weighted by atomic mass is 9.91. The summed E-state index contributed by atoms with van der Waals surface area (Å²) in [5.41, 5.74) is 4.21. The van der Waals surface area contributed by atoms with E-state index in [0.717, 1.165) is 35.8 Å². The molecule has 8 nitrogen and oxygen atoms in total. The Hall–Kier alpha value is -3.06. The number of halogens is 2. The maximum Gasteiger partial charge on any atom is 0.236 e. The second kappa shape index (κ2) is 11.8.